The highest BCUT2D eigenvalue weighted by molar-refractivity contribution is 5.95. The number of hydrogen-bond donors (Lipinski definition) is 1. The zero-order chi connectivity index (χ0) is 22.5. The summed E-state index contributed by atoms with van der Waals surface area (Å²) < 4.78 is 14.9. The lowest BCUT2D eigenvalue weighted by Crippen LogP contribution is -2.17. The van der Waals surface area contributed by atoms with Crippen molar-refractivity contribution in [3.63, 3.8) is 0 Å². The molecule has 1 amide bonds. The van der Waals surface area contributed by atoms with Gasteiger partial charge < -0.3 is 14.0 Å². The number of nitrogens with zero attached hydrogens (tertiary/aromatic N) is 4. The first-order chi connectivity index (χ1) is 14.9. The van der Waals surface area contributed by atoms with E-state index in [1.807, 2.05) is 37.6 Å². The largest absolute Gasteiger partial charge is 0.493 e. The Balaban J connectivity index is 1.77. The van der Waals surface area contributed by atoms with Crippen molar-refractivity contribution in [1.82, 2.24) is 19.8 Å². The lowest BCUT2D eigenvalue weighted by Gasteiger charge is -2.15. The topological polar surface area (TPSA) is 82.7 Å². The van der Waals surface area contributed by atoms with Crippen molar-refractivity contribution < 1.29 is 14.3 Å². The molecule has 2 heterocycles. The van der Waals surface area contributed by atoms with E-state index in [9.17, 15) is 4.79 Å². The van der Waals surface area contributed by atoms with Crippen molar-refractivity contribution in [3.8, 4) is 17.3 Å². The van der Waals surface area contributed by atoms with Gasteiger partial charge >= 0.3 is 0 Å². The van der Waals surface area contributed by atoms with Crippen molar-refractivity contribution in [2.45, 2.75) is 40.7 Å². The number of benzene rings is 1. The fourth-order valence-electron chi connectivity index (χ4n) is 3.46. The van der Waals surface area contributed by atoms with Gasteiger partial charge in [0.15, 0.2) is 11.5 Å². The fraction of sp³-hybridized carbons (Fsp3) is 0.348. The van der Waals surface area contributed by atoms with E-state index in [1.165, 1.54) is 0 Å². The summed E-state index contributed by atoms with van der Waals surface area (Å²) in [4.78, 5) is 12.5. The summed E-state index contributed by atoms with van der Waals surface area (Å²) in [6.07, 6.45) is 3.45. The molecule has 1 aromatic carbocycles. The first kappa shape index (κ1) is 22.1. The Kier molecular flexibility index (Phi) is 6.79. The number of ether oxygens (including phenoxy) is 2. The zero-order valence-corrected chi connectivity index (χ0v) is 18.8. The minimum Gasteiger partial charge on any atom is -0.493 e. The molecule has 0 bridgehead atoms. The van der Waals surface area contributed by atoms with E-state index < -0.39 is 0 Å². The molecule has 0 fully saturated rings. The van der Waals surface area contributed by atoms with Crippen LogP contribution in [-0.4, -0.2) is 40.2 Å². The van der Waals surface area contributed by atoms with Gasteiger partial charge in [-0.3, -0.25) is 4.79 Å². The Morgan fingerprint density at radius 3 is 2.68 bits per heavy atom. The molecule has 164 valence electrons. The second-order valence-electron chi connectivity index (χ2n) is 7.39. The van der Waals surface area contributed by atoms with Crippen molar-refractivity contribution in [2.24, 2.45) is 5.10 Å². The number of carbonyl (C=O) groups is 1. The lowest BCUT2D eigenvalue weighted by molar-refractivity contribution is 0.0954. The number of aryl methyl sites for hydroxylation is 1. The fourth-order valence-corrected chi connectivity index (χ4v) is 3.46. The predicted molar refractivity (Wildman–Crippen MR) is 121 cm³/mol. The normalized spacial score (nSPS) is 11.3. The summed E-state index contributed by atoms with van der Waals surface area (Å²) in [7, 11) is 1.54. The van der Waals surface area contributed by atoms with Crippen LogP contribution in [0.4, 0.5) is 0 Å². The standard InChI is InChI=1S/C23H29N5O3/c1-7-31-20-9-8-18(13-21(20)30-6)23(29)26-24-14-19-12-16(4)27(17(19)5)22-10-11-25-28(22)15(2)3/h8-15H,7H2,1-6H3,(H,26,29)/b24-14-. The summed E-state index contributed by atoms with van der Waals surface area (Å²) in [5.74, 6) is 1.77. The average Bonchev–Trinajstić information content (AvgIpc) is 3.32. The molecule has 0 aliphatic carbocycles. The molecule has 31 heavy (non-hydrogen) atoms. The van der Waals surface area contributed by atoms with Crippen molar-refractivity contribution in [1.29, 1.82) is 0 Å². The molecule has 0 unspecified atom stereocenters. The van der Waals surface area contributed by atoms with Gasteiger partial charge in [0, 0.05) is 34.6 Å². The number of hydrazone groups is 1. The van der Waals surface area contributed by atoms with Crippen LogP contribution in [-0.2, 0) is 0 Å². The Morgan fingerprint density at radius 1 is 1.23 bits per heavy atom. The van der Waals surface area contributed by atoms with E-state index in [4.69, 9.17) is 9.47 Å². The van der Waals surface area contributed by atoms with Gasteiger partial charge in [-0.25, -0.2) is 10.1 Å². The third-order valence-corrected chi connectivity index (χ3v) is 4.93. The molecule has 0 atom stereocenters. The van der Waals surface area contributed by atoms with Gasteiger partial charge in [-0.05, 0) is 58.9 Å². The van der Waals surface area contributed by atoms with Crippen molar-refractivity contribution in [3.05, 3.63) is 59.0 Å². The number of nitrogens with one attached hydrogen (secondary N) is 1. The van der Waals surface area contributed by atoms with Crippen LogP contribution in [0.3, 0.4) is 0 Å². The molecule has 2 aromatic heterocycles. The molecule has 0 saturated heterocycles. The lowest BCUT2D eigenvalue weighted by atomic mass is 10.2. The van der Waals surface area contributed by atoms with Crippen LogP contribution in [0.1, 0.15) is 54.1 Å². The highest BCUT2D eigenvalue weighted by atomic mass is 16.5. The molecule has 8 nitrogen and oxygen atoms in total. The summed E-state index contributed by atoms with van der Waals surface area (Å²) in [5, 5.41) is 8.57. The van der Waals surface area contributed by atoms with Crippen molar-refractivity contribution >= 4 is 12.1 Å². The Morgan fingerprint density at radius 2 is 2.00 bits per heavy atom. The van der Waals surface area contributed by atoms with Crippen LogP contribution < -0.4 is 14.9 Å². The summed E-state index contributed by atoms with van der Waals surface area (Å²) in [5.41, 5.74) is 6.00. The number of amides is 1. The molecule has 0 saturated carbocycles. The van der Waals surface area contributed by atoms with Crippen molar-refractivity contribution in [2.75, 3.05) is 13.7 Å². The van der Waals surface area contributed by atoms with Crippen LogP contribution in [0.5, 0.6) is 11.5 Å². The molecule has 0 radical (unpaired) electrons. The number of aromatic nitrogens is 3. The summed E-state index contributed by atoms with van der Waals surface area (Å²) in [6.45, 7) is 10.7. The van der Waals surface area contributed by atoms with Crippen LogP contribution in [0.25, 0.3) is 5.82 Å². The van der Waals surface area contributed by atoms with Crippen LogP contribution in [0, 0.1) is 13.8 Å². The number of methoxy groups -OCH3 is 1. The van der Waals surface area contributed by atoms with Gasteiger partial charge in [0.2, 0.25) is 0 Å². The molecule has 0 aliphatic heterocycles. The van der Waals surface area contributed by atoms with Gasteiger partial charge in [0.05, 0.1) is 26.1 Å². The molecule has 3 aromatic rings. The number of carbonyl (C=O) groups excluding carboxylic acids is 1. The minimum atomic E-state index is -0.329. The molecular weight excluding hydrogens is 394 g/mol. The SMILES string of the molecule is CCOc1ccc(C(=O)N/N=C\c2cc(C)n(-c3ccnn3C(C)C)c2C)cc1OC. The molecular formula is C23H29N5O3. The van der Waals surface area contributed by atoms with Gasteiger partial charge in [-0.15, -0.1) is 0 Å². The smallest absolute Gasteiger partial charge is 0.271 e. The van der Waals surface area contributed by atoms with E-state index >= 15 is 0 Å². The van der Waals surface area contributed by atoms with Gasteiger partial charge in [-0.1, -0.05) is 0 Å². The van der Waals surface area contributed by atoms with Gasteiger partial charge in [0.25, 0.3) is 5.91 Å². The Bertz CT molecular complexity index is 1090. The second-order valence-corrected chi connectivity index (χ2v) is 7.39. The van der Waals surface area contributed by atoms with Gasteiger partial charge in [0.1, 0.15) is 5.82 Å². The van der Waals surface area contributed by atoms with Crippen LogP contribution >= 0.6 is 0 Å². The van der Waals surface area contributed by atoms with E-state index in [0.29, 0.717) is 23.7 Å². The maximum Gasteiger partial charge on any atom is 0.271 e. The molecule has 0 spiro atoms. The Labute approximate surface area is 182 Å². The van der Waals surface area contributed by atoms with Gasteiger partial charge in [-0.2, -0.15) is 10.2 Å². The monoisotopic (exact) mass is 423 g/mol. The van der Waals surface area contributed by atoms with E-state index in [1.54, 1.807) is 37.7 Å². The second kappa shape index (κ2) is 9.51. The van der Waals surface area contributed by atoms with E-state index in [0.717, 1.165) is 22.8 Å². The summed E-state index contributed by atoms with van der Waals surface area (Å²) >= 11 is 0. The Hall–Kier alpha value is -3.55. The van der Waals surface area contributed by atoms with Crippen LogP contribution in [0.2, 0.25) is 0 Å². The maximum atomic E-state index is 12.5. The first-order valence-corrected chi connectivity index (χ1v) is 10.2. The zero-order valence-electron chi connectivity index (χ0n) is 18.8. The quantitative estimate of drug-likeness (QED) is 0.438. The average molecular weight is 424 g/mol. The van der Waals surface area contributed by atoms with Crippen LogP contribution in [0.15, 0.2) is 41.6 Å². The van der Waals surface area contributed by atoms with E-state index in [-0.39, 0.29) is 11.9 Å². The first-order valence-electron chi connectivity index (χ1n) is 10.2. The molecule has 8 heteroatoms. The number of rotatable bonds is 8. The summed E-state index contributed by atoms with van der Waals surface area (Å²) in [6, 6.07) is 9.29. The molecule has 3 rings (SSSR count). The maximum absolute atomic E-state index is 12.5. The highest BCUT2D eigenvalue weighted by Crippen LogP contribution is 2.28. The van der Waals surface area contributed by atoms with E-state index in [2.05, 4.69) is 34.0 Å². The number of hydrogen-bond acceptors (Lipinski definition) is 5. The highest BCUT2D eigenvalue weighted by Gasteiger charge is 2.15. The molecule has 1 N–H and O–H groups in total. The third kappa shape index (κ3) is 4.63. The molecule has 0 aliphatic rings. The predicted octanol–water partition coefficient (Wildman–Crippen LogP) is 4.04. The third-order valence-electron chi connectivity index (χ3n) is 4.93. The minimum absolute atomic E-state index is 0.244.